The molecule has 0 unspecified atom stereocenters. The molecule has 104 valence electrons. The average molecular weight is 258 g/mol. The second kappa shape index (κ2) is 6.88. The molecule has 0 N–H and O–H groups in total. The van der Waals surface area contributed by atoms with E-state index in [2.05, 4.69) is 37.3 Å². The smallest absolute Gasteiger partial charge is 0.138 e. The first-order chi connectivity index (χ1) is 9.21. The van der Waals surface area contributed by atoms with Crippen LogP contribution >= 0.6 is 0 Å². The van der Waals surface area contributed by atoms with Crippen LogP contribution in [0.25, 0.3) is 0 Å². The number of hydrogen-bond acceptors (Lipinski definition) is 1. The highest BCUT2D eigenvalue weighted by molar-refractivity contribution is 5.84. The number of carbonyl (C=O) groups excluding carboxylic acids is 1. The van der Waals surface area contributed by atoms with E-state index >= 15 is 0 Å². The van der Waals surface area contributed by atoms with Crippen molar-refractivity contribution in [2.75, 3.05) is 0 Å². The molecule has 0 aliphatic heterocycles. The Balaban J connectivity index is 1.69. The molecular weight excluding hydrogens is 232 g/mol. The van der Waals surface area contributed by atoms with Crippen LogP contribution < -0.4 is 0 Å². The van der Waals surface area contributed by atoms with Gasteiger partial charge in [-0.25, -0.2) is 0 Å². The van der Waals surface area contributed by atoms with Crippen molar-refractivity contribution in [3.63, 3.8) is 0 Å². The minimum atomic E-state index is 0.00496. The largest absolute Gasteiger partial charge is 0.299 e. The molecule has 2 rings (SSSR count). The van der Waals surface area contributed by atoms with Gasteiger partial charge in [-0.3, -0.25) is 4.79 Å². The topological polar surface area (TPSA) is 17.1 Å². The van der Waals surface area contributed by atoms with Crippen LogP contribution in [0, 0.1) is 5.41 Å². The van der Waals surface area contributed by atoms with Crippen molar-refractivity contribution in [1.29, 1.82) is 0 Å². The fraction of sp³-hybridized carbons (Fsp3) is 0.611. The minimum absolute atomic E-state index is 0.00496. The van der Waals surface area contributed by atoms with E-state index in [9.17, 15) is 4.79 Å². The zero-order valence-electron chi connectivity index (χ0n) is 12.2. The molecule has 0 amide bonds. The summed E-state index contributed by atoms with van der Waals surface area (Å²) >= 11 is 0. The Morgan fingerprint density at radius 2 is 1.74 bits per heavy atom. The highest BCUT2D eigenvalue weighted by Crippen LogP contribution is 2.37. The monoisotopic (exact) mass is 258 g/mol. The zero-order valence-corrected chi connectivity index (χ0v) is 12.2. The molecule has 0 radical (unpaired) electrons. The standard InChI is InChI=1S/C18H26O/c1-18(14-8-3-9-15-18)17(19)13-7-6-12-16-10-4-2-5-11-16/h2,4-5,10-11H,3,6-9,12-15H2,1H3. The summed E-state index contributed by atoms with van der Waals surface area (Å²) in [4.78, 5) is 12.3. The molecule has 1 saturated carbocycles. The molecule has 1 aliphatic carbocycles. The Bertz CT molecular complexity index is 387. The maximum absolute atomic E-state index is 12.3. The van der Waals surface area contributed by atoms with E-state index in [-0.39, 0.29) is 5.41 Å². The van der Waals surface area contributed by atoms with Gasteiger partial charge in [0.05, 0.1) is 0 Å². The van der Waals surface area contributed by atoms with Gasteiger partial charge in [0, 0.05) is 11.8 Å². The van der Waals surface area contributed by atoms with Crippen LogP contribution in [-0.2, 0) is 11.2 Å². The lowest BCUT2D eigenvalue weighted by molar-refractivity contribution is -0.129. The van der Waals surface area contributed by atoms with Gasteiger partial charge >= 0.3 is 0 Å². The van der Waals surface area contributed by atoms with Crippen LogP contribution in [0.1, 0.15) is 63.9 Å². The van der Waals surface area contributed by atoms with Crippen molar-refractivity contribution in [3.8, 4) is 0 Å². The van der Waals surface area contributed by atoms with Crippen LogP contribution in [0.15, 0.2) is 30.3 Å². The Labute approximate surface area is 117 Å². The number of rotatable bonds is 6. The molecule has 1 fully saturated rings. The van der Waals surface area contributed by atoms with E-state index in [0.29, 0.717) is 5.78 Å². The summed E-state index contributed by atoms with van der Waals surface area (Å²) in [5, 5.41) is 0. The van der Waals surface area contributed by atoms with Gasteiger partial charge in [0.2, 0.25) is 0 Å². The van der Waals surface area contributed by atoms with Crippen molar-refractivity contribution in [1.82, 2.24) is 0 Å². The Morgan fingerprint density at radius 3 is 2.42 bits per heavy atom. The third kappa shape index (κ3) is 4.19. The van der Waals surface area contributed by atoms with E-state index in [1.165, 1.54) is 24.8 Å². The van der Waals surface area contributed by atoms with Crippen molar-refractivity contribution in [2.24, 2.45) is 5.41 Å². The normalized spacial score (nSPS) is 18.2. The third-order valence-electron chi connectivity index (χ3n) is 4.59. The second-order valence-electron chi connectivity index (χ2n) is 6.24. The van der Waals surface area contributed by atoms with E-state index in [1.807, 2.05) is 0 Å². The molecule has 1 heteroatoms. The van der Waals surface area contributed by atoms with Gasteiger partial charge in [0.25, 0.3) is 0 Å². The van der Waals surface area contributed by atoms with E-state index < -0.39 is 0 Å². The molecule has 0 atom stereocenters. The number of aryl methyl sites for hydroxylation is 1. The summed E-state index contributed by atoms with van der Waals surface area (Å²) < 4.78 is 0. The van der Waals surface area contributed by atoms with Gasteiger partial charge in [-0.2, -0.15) is 0 Å². The Hall–Kier alpha value is -1.11. The molecule has 0 heterocycles. The summed E-state index contributed by atoms with van der Waals surface area (Å²) in [7, 11) is 0. The van der Waals surface area contributed by atoms with Crippen LogP contribution in [0.4, 0.5) is 0 Å². The molecule has 1 aromatic carbocycles. The Morgan fingerprint density at radius 1 is 1.05 bits per heavy atom. The highest BCUT2D eigenvalue weighted by Gasteiger charge is 2.33. The number of hydrogen-bond donors (Lipinski definition) is 0. The van der Waals surface area contributed by atoms with Crippen molar-refractivity contribution < 1.29 is 4.79 Å². The lowest BCUT2D eigenvalue weighted by atomic mass is 9.71. The number of unbranched alkanes of at least 4 members (excludes halogenated alkanes) is 1. The lowest BCUT2D eigenvalue weighted by Crippen LogP contribution is -2.30. The molecule has 0 aromatic heterocycles. The molecule has 0 bridgehead atoms. The molecule has 0 spiro atoms. The fourth-order valence-corrected chi connectivity index (χ4v) is 3.17. The quantitative estimate of drug-likeness (QED) is 0.661. The predicted molar refractivity (Wildman–Crippen MR) is 80.2 cm³/mol. The van der Waals surface area contributed by atoms with Crippen molar-refractivity contribution >= 4 is 5.78 Å². The maximum atomic E-state index is 12.3. The van der Waals surface area contributed by atoms with E-state index in [1.54, 1.807) is 0 Å². The fourth-order valence-electron chi connectivity index (χ4n) is 3.17. The van der Waals surface area contributed by atoms with E-state index in [0.717, 1.165) is 38.5 Å². The molecule has 1 aromatic rings. The van der Waals surface area contributed by atoms with Gasteiger partial charge < -0.3 is 0 Å². The SMILES string of the molecule is CC1(C(=O)CCCCc2ccccc2)CCCCC1. The molecule has 1 aliphatic rings. The summed E-state index contributed by atoms with van der Waals surface area (Å²) in [5.74, 6) is 0.514. The van der Waals surface area contributed by atoms with Crippen LogP contribution in [0.2, 0.25) is 0 Å². The summed E-state index contributed by atoms with van der Waals surface area (Å²) in [6.45, 7) is 2.19. The number of ketones is 1. The predicted octanol–water partition coefficient (Wildman–Crippen LogP) is 4.94. The average Bonchev–Trinajstić information content (AvgIpc) is 2.45. The number of benzene rings is 1. The highest BCUT2D eigenvalue weighted by atomic mass is 16.1. The second-order valence-corrected chi connectivity index (χ2v) is 6.24. The van der Waals surface area contributed by atoms with Gasteiger partial charge in [0.15, 0.2) is 0 Å². The molecule has 19 heavy (non-hydrogen) atoms. The molecule has 0 saturated heterocycles. The van der Waals surface area contributed by atoms with Crippen LogP contribution in [0.5, 0.6) is 0 Å². The van der Waals surface area contributed by atoms with Crippen LogP contribution in [0.3, 0.4) is 0 Å². The van der Waals surface area contributed by atoms with Crippen molar-refractivity contribution in [2.45, 2.75) is 64.7 Å². The Kier molecular flexibility index (Phi) is 5.18. The molecule has 1 nitrogen and oxygen atoms in total. The third-order valence-corrected chi connectivity index (χ3v) is 4.59. The summed E-state index contributed by atoms with van der Waals surface area (Å²) in [6.07, 6.45) is 10.1. The van der Waals surface area contributed by atoms with Crippen molar-refractivity contribution in [3.05, 3.63) is 35.9 Å². The molecular formula is C18H26O. The van der Waals surface area contributed by atoms with Gasteiger partial charge in [-0.05, 0) is 37.7 Å². The minimum Gasteiger partial charge on any atom is -0.299 e. The van der Waals surface area contributed by atoms with Gasteiger partial charge in [0.1, 0.15) is 5.78 Å². The first kappa shape index (κ1) is 14.3. The summed E-state index contributed by atoms with van der Waals surface area (Å²) in [5.41, 5.74) is 1.39. The number of Topliss-reactive ketones (excluding diaryl/α,β-unsaturated/α-hetero) is 1. The zero-order chi connectivity index (χ0) is 13.6. The first-order valence-electron chi connectivity index (χ1n) is 7.78. The van der Waals surface area contributed by atoms with Gasteiger partial charge in [-0.1, -0.05) is 56.5 Å². The maximum Gasteiger partial charge on any atom is 0.138 e. The summed E-state index contributed by atoms with van der Waals surface area (Å²) in [6, 6.07) is 10.6. The number of carbonyl (C=O) groups is 1. The van der Waals surface area contributed by atoms with Gasteiger partial charge in [-0.15, -0.1) is 0 Å². The van der Waals surface area contributed by atoms with E-state index in [4.69, 9.17) is 0 Å². The first-order valence-corrected chi connectivity index (χ1v) is 7.78. The lowest BCUT2D eigenvalue weighted by Gasteiger charge is -2.32. The van der Waals surface area contributed by atoms with Crippen LogP contribution in [-0.4, -0.2) is 5.78 Å².